The quantitative estimate of drug-likeness (QED) is 0.126. The van der Waals surface area contributed by atoms with Crippen molar-refractivity contribution in [3.63, 3.8) is 0 Å². The smallest absolute Gasteiger partial charge is 0.497 e. The fraction of sp³-hybridized carbons (Fsp3) is 0.118. The van der Waals surface area contributed by atoms with Gasteiger partial charge >= 0.3 is 7.12 Å². The van der Waals surface area contributed by atoms with E-state index in [0.717, 1.165) is 0 Å². The first-order chi connectivity index (χ1) is 21.8. The Morgan fingerprint density at radius 2 is 0.667 bits per heavy atom. The zero-order valence-corrected chi connectivity index (χ0v) is 27.2. The Bertz CT molecular complexity index is 1560. The molecular formula is C34H33BO8P2. The van der Waals surface area contributed by atoms with Crippen molar-refractivity contribution in [3.05, 3.63) is 127 Å². The number of rotatable bonds is 13. The number of ether oxygens (including phenoxy) is 4. The highest BCUT2D eigenvalue weighted by Crippen LogP contribution is 2.51. The summed E-state index contributed by atoms with van der Waals surface area (Å²) >= 11 is 0. The molecule has 8 nitrogen and oxygen atoms in total. The highest BCUT2D eigenvalue weighted by atomic mass is 31.2. The van der Waals surface area contributed by atoms with Gasteiger partial charge in [-0.2, -0.15) is 0 Å². The molecule has 45 heavy (non-hydrogen) atoms. The predicted molar refractivity (Wildman–Crippen MR) is 180 cm³/mol. The largest absolute Gasteiger partial charge is 0.505 e. The van der Waals surface area contributed by atoms with Gasteiger partial charge in [-0.3, -0.25) is 9.13 Å². The van der Waals surface area contributed by atoms with Crippen LogP contribution in [-0.2, 0) is 18.0 Å². The molecular weight excluding hydrogens is 609 g/mol. The van der Waals surface area contributed by atoms with Crippen LogP contribution >= 0.6 is 14.7 Å². The number of hydrogen-bond acceptors (Lipinski definition) is 8. The molecule has 0 aliphatic heterocycles. The van der Waals surface area contributed by atoms with Crippen molar-refractivity contribution in [2.75, 3.05) is 28.4 Å². The monoisotopic (exact) mass is 642 g/mol. The summed E-state index contributed by atoms with van der Waals surface area (Å²) in [6.07, 6.45) is 0. The fourth-order valence-electron chi connectivity index (χ4n) is 4.68. The van der Waals surface area contributed by atoms with Crippen LogP contribution in [0.15, 0.2) is 127 Å². The maximum Gasteiger partial charge on any atom is 0.505 e. The average Bonchev–Trinajstić information content (AvgIpc) is 3.11. The lowest BCUT2D eigenvalue weighted by Crippen LogP contribution is -2.40. The molecule has 5 rings (SSSR count). The second-order valence-corrected chi connectivity index (χ2v) is 14.5. The fourth-order valence-corrected chi connectivity index (χ4v) is 8.86. The van der Waals surface area contributed by atoms with Crippen molar-refractivity contribution in [2.45, 2.75) is 0 Å². The van der Waals surface area contributed by atoms with Crippen molar-refractivity contribution in [1.29, 1.82) is 0 Å². The zero-order valence-electron chi connectivity index (χ0n) is 25.4. The van der Waals surface area contributed by atoms with E-state index in [1.54, 1.807) is 138 Å². The molecule has 0 amide bonds. The van der Waals surface area contributed by atoms with Crippen LogP contribution in [0.2, 0.25) is 0 Å². The van der Waals surface area contributed by atoms with Gasteiger partial charge in [0.05, 0.1) is 28.4 Å². The van der Waals surface area contributed by atoms with Gasteiger partial charge < -0.3 is 27.8 Å². The van der Waals surface area contributed by atoms with E-state index in [9.17, 15) is 0 Å². The lowest BCUT2D eigenvalue weighted by Gasteiger charge is -2.28. The average molecular weight is 642 g/mol. The SMILES string of the molecule is COc1ccc(P(=O)(OB(OP(=O)(c2ccc(OC)cc2)c2ccc(OC)cc2)c2ccccc2)c2ccc(OC)cc2)cc1. The predicted octanol–water partition coefficient (Wildman–Crippen LogP) is 5.31. The molecule has 0 heterocycles. The number of methoxy groups -OCH3 is 4. The standard InChI is InChI=1S/C34H33BO8P2/c1-38-27-10-18-31(19-11-27)44(36,32-20-12-28(39-2)13-21-32)42-35(26-8-6-5-7-9-26)43-45(37,33-22-14-29(40-3)15-23-33)34-24-16-30(41-4)17-25-34/h5-25H,1-4H3. The Morgan fingerprint density at radius 3 is 0.911 bits per heavy atom. The molecule has 0 aromatic heterocycles. The Morgan fingerprint density at radius 1 is 0.400 bits per heavy atom. The minimum absolute atomic E-state index is 0.404. The molecule has 0 radical (unpaired) electrons. The van der Waals surface area contributed by atoms with Crippen molar-refractivity contribution >= 4 is 48.5 Å². The zero-order chi connectivity index (χ0) is 31.9. The molecule has 0 saturated carbocycles. The Balaban J connectivity index is 1.66. The highest BCUT2D eigenvalue weighted by Gasteiger charge is 2.42. The Labute approximate surface area is 263 Å². The van der Waals surface area contributed by atoms with Crippen molar-refractivity contribution in [1.82, 2.24) is 0 Å². The van der Waals surface area contributed by atoms with Gasteiger partial charge in [0.25, 0.3) is 0 Å². The third-order valence-electron chi connectivity index (χ3n) is 7.21. The van der Waals surface area contributed by atoms with Gasteiger partial charge in [0.1, 0.15) is 23.0 Å². The van der Waals surface area contributed by atoms with Gasteiger partial charge in [-0.05, 0) is 103 Å². The summed E-state index contributed by atoms with van der Waals surface area (Å²) < 4.78 is 65.0. The molecule has 0 unspecified atom stereocenters. The van der Waals surface area contributed by atoms with Crippen molar-refractivity contribution < 1.29 is 37.0 Å². The molecule has 11 heteroatoms. The molecule has 5 aromatic rings. The van der Waals surface area contributed by atoms with Crippen LogP contribution < -0.4 is 45.6 Å². The van der Waals surface area contributed by atoms with E-state index in [1.807, 2.05) is 18.2 Å². The number of benzene rings is 5. The Hall–Kier alpha value is -4.26. The Kier molecular flexibility index (Phi) is 10.2. The topological polar surface area (TPSA) is 89.5 Å². The van der Waals surface area contributed by atoms with Crippen LogP contribution in [0.4, 0.5) is 0 Å². The third-order valence-corrected chi connectivity index (χ3v) is 12.1. The summed E-state index contributed by atoms with van der Waals surface area (Å²) in [5.74, 6) is 2.39. The van der Waals surface area contributed by atoms with Crippen LogP contribution in [0.25, 0.3) is 0 Å². The second kappa shape index (κ2) is 14.2. The first-order valence-electron chi connectivity index (χ1n) is 14.0. The normalized spacial score (nSPS) is 11.5. The van der Waals surface area contributed by atoms with Crippen LogP contribution in [0.1, 0.15) is 0 Å². The van der Waals surface area contributed by atoms with Crippen LogP contribution in [-0.4, -0.2) is 35.6 Å². The van der Waals surface area contributed by atoms with E-state index < -0.39 is 21.9 Å². The van der Waals surface area contributed by atoms with Gasteiger partial charge in [0.2, 0.25) is 14.7 Å². The molecule has 0 fully saturated rings. The summed E-state index contributed by atoms with van der Waals surface area (Å²) in [6, 6.07) is 36.3. The molecule has 0 aliphatic rings. The number of hydrogen-bond donors (Lipinski definition) is 0. The van der Waals surface area contributed by atoms with Gasteiger partial charge in [-0.1, -0.05) is 30.3 Å². The molecule has 0 N–H and O–H groups in total. The van der Waals surface area contributed by atoms with Crippen LogP contribution in [0.3, 0.4) is 0 Å². The summed E-state index contributed by atoms with van der Waals surface area (Å²) in [7, 11) is -2.88. The minimum Gasteiger partial charge on any atom is -0.497 e. The van der Waals surface area contributed by atoms with Crippen LogP contribution in [0.5, 0.6) is 23.0 Å². The highest BCUT2D eigenvalue weighted by molar-refractivity contribution is 7.77. The summed E-state index contributed by atoms with van der Waals surface area (Å²) in [4.78, 5) is 0. The second-order valence-electron chi connectivity index (χ2n) is 9.85. The van der Waals surface area contributed by atoms with E-state index in [-0.39, 0.29) is 0 Å². The van der Waals surface area contributed by atoms with Crippen molar-refractivity contribution in [2.24, 2.45) is 0 Å². The van der Waals surface area contributed by atoms with Gasteiger partial charge in [-0.25, -0.2) is 0 Å². The van der Waals surface area contributed by atoms with E-state index in [4.69, 9.17) is 27.8 Å². The van der Waals surface area contributed by atoms with Gasteiger partial charge in [0, 0.05) is 21.2 Å². The molecule has 0 bridgehead atoms. The van der Waals surface area contributed by atoms with Gasteiger partial charge in [0.15, 0.2) is 0 Å². The first-order valence-corrected chi connectivity index (χ1v) is 17.3. The lowest BCUT2D eigenvalue weighted by molar-refractivity contribution is 0.414. The molecule has 0 atom stereocenters. The maximum absolute atomic E-state index is 15.2. The molecule has 230 valence electrons. The van der Waals surface area contributed by atoms with Crippen LogP contribution in [0, 0.1) is 0 Å². The molecule has 5 aromatic carbocycles. The van der Waals surface area contributed by atoms with E-state index in [1.165, 1.54) is 0 Å². The van der Waals surface area contributed by atoms with Gasteiger partial charge in [-0.15, -0.1) is 0 Å². The van der Waals surface area contributed by atoms with E-state index >= 15 is 9.13 Å². The van der Waals surface area contributed by atoms with E-state index in [0.29, 0.717) is 49.7 Å². The summed E-state index contributed by atoms with van der Waals surface area (Å²) in [6.45, 7) is 0. The summed E-state index contributed by atoms with van der Waals surface area (Å²) in [5.41, 5.74) is 0.530. The summed E-state index contributed by atoms with van der Waals surface area (Å²) in [5, 5.41) is 1.62. The first kappa shape index (κ1) is 32.1. The van der Waals surface area contributed by atoms with E-state index in [2.05, 4.69) is 0 Å². The van der Waals surface area contributed by atoms with Crippen molar-refractivity contribution in [3.8, 4) is 23.0 Å². The minimum atomic E-state index is -3.90. The lowest BCUT2D eigenvalue weighted by atomic mass is 9.80. The third kappa shape index (κ3) is 7.03. The molecule has 0 saturated heterocycles. The molecule has 0 aliphatic carbocycles. The maximum atomic E-state index is 15.2. The molecule has 0 spiro atoms.